The number of fused-ring (bicyclic) bond motifs is 2. The van der Waals surface area contributed by atoms with Crippen molar-refractivity contribution in [2.45, 2.75) is 224 Å². The Morgan fingerprint density at radius 2 is 0.696 bits per heavy atom. The van der Waals surface area contributed by atoms with Gasteiger partial charge in [0.25, 0.3) is 0 Å². The first-order valence-electron chi connectivity index (χ1n) is 24.3. The van der Waals surface area contributed by atoms with Crippen molar-refractivity contribution >= 4 is 18.1 Å². The molecule has 0 aromatic heterocycles. The molecule has 6 heteroatoms. The maximum absolute atomic E-state index is 7.52. The van der Waals surface area contributed by atoms with Gasteiger partial charge in [0.15, 0.2) is 18.1 Å². The zero-order chi connectivity index (χ0) is 40.8. The average Bonchev–Trinajstić information content (AvgIpc) is 3.10. The van der Waals surface area contributed by atoms with E-state index in [9.17, 15) is 0 Å². The molecule has 6 fully saturated rings. The van der Waals surface area contributed by atoms with Gasteiger partial charge in [-0.25, -0.2) is 0 Å². The molecule has 6 rings (SSSR count). The summed E-state index contributed by atoms with van der Waals surface area (Å²) in [4.78, 5) is 0. The molecule has 6 saturated carbocycles. The van der Waals surface area contributed by atoms with Gasteiger partial charge in [-0.2, -0.15) is 0 Å². The maximum atomic E-state index is 7.52. The molecule has 0 aliphatic heterocycles. The predicted molar refractivity (Wildman–Crippen MR) is 241 cm³/mol. The zero-order valence-corrected chi connectivity index (χ0v) is 41.2. The van der Waals surface area contributed by atoms with Crippen LogP contribution < -0.4 is 0 Å². The van der Waals surface area contributed by atoms with Gasteiger partial charge in [0.05, 0.1) is 24.4 Å². The molecule has 326 valence electrons. The first-order chi connectivity index (χ1) is 26.2. The number of hydrogen-bond donors (Lipinski definition) is 0. The van der Waals surface area contributed by atoms with Crippen molar-refractivity contribution < 1.29 is 18.1 Å². The molecule has 0 heterocycles. The summed E-state index contributed by atoms with van der Waals surface area (Å²) in [5.74, 6) is 7.17. The van der Waals surface area contributed by atoms with E-state index in [2.05, 4.69) is 96.9 Å². The Morgan fingerprint density at radius 3 is 1.04 bits per heavy atom. The Morgan fingerprint density at radius 1 is 0.375 bits per heavy atom. The second-order valence-electron chi connectivity index (χ2n) is 25.2. The lowest BCUT2D eigenvalue weighted by atomic mass is 9.47. The van der Waals surface area contributed by atoms with Gasteiger partial charge in [0.2, 0.25) is 0 Å². The van der Waals surface area contributed by atoms with Gasteiger partial charge in [0, 0.05) is 0 Å². The highest BCUT2D eigenvalue weighted by Gasteiger charge is 2.59. The Labute approximate surface area is 351 Å². The molecule has 0 spiro atoms. The van der Waals surface area contributed by atoms with Crippen LogP contribution in [-0.2, 0) is 18.1 Å². The Bertz CT molecular complexity index is 1130. The van der Waals surface area contributed by atoms with Crippen molar-refractivity contribution in [3.05, 3.63) is 0 Å². The molecule has 0 amide bonds. The maximum Gasteiger partial charge on any atom is 0.155 e. The highest BCUT2D eigenvalue weighted by atomic mass is 31.1. The van der Waals surface area contributed by atoms with Crippen LogP contribution in [0.4, 0.5) is 0 Å². The third kappa shape index (κ3) is 10.5. The Hall–Kier alpha value is 0.700. The van der Waals surface area contributed by atoms with Crippen LogP contribution in [0.5, 0.6) is 0 Å². The molecule has 6 aliphatic carbocycles. The molecule has 0 saturated heterocycles. The van der Waals surface area contributed by atoms with Crippen molar-refractivity contribution in [1.29, 1.82) is 0 Å². The SMILES string of the molecule is CC1C(C2C(C)C(C(C)(C)C)CC(C(C)(C)C)C2OPOC2CCCC3CCCCC32)C(OPOC2CCCC3CCCCC32)C(C(C)(C)C)CC1C(C)(C)C. The van der Waals surface area contributed by atoms with E-state index in [0.717, 1.165) is 23.7 Å². The monoisotopic (exact) mass is 819 g/mol. The minimum absolute atomic E-state index is 0.122. The smallest absolute Gasteiger partial charge is 0.155 e. The Balaban J connectivity index is 1.35. The third-order valence-corrected chi connectivity index (χ3v) is 19.3. The molecular formula is C50H92O4P2. The van der Waals surface area contributed by atoms with Gasteiger partial charge in [-0.05, 0) is 144 Å². The van der Waals surface area contributed by atoms with Crippen LogP contribution in [0.15, 0.2) is 0 Å². The van der Waals surface area contributed by atoms with Crippen molar-refractivity contribution in [2.75, 3.05) is 0 Å². The predicted octanol–water partition coefficient (Wildman–Crippen LogP) is 15.5. The van der Waals surface area contributed by atoms with Crippen LogP contribution in [0.3, 0.4) is 0 Å². The average molecular weight is 819 g/mol. The standard InChI is InChI=1S/C50H92O4P2/c1-31-37(47(3,4)5)29-39(49(9,10)11)45(53-55-51-41-27-19-23-33-21-15-17-25-35(33)41)43(31)44-32(2)38(48(6,7)8)30-40(50(12,13)14)46(44)54-56-52-42-28-20-24-34-22-16-18-26-36(34)42/h31-46,55-56H,15-30H2,1-14H3. The normalized spacial score (nSPS) is 43.6. The third-order valence-electron chi connectivity index (χ3n) is 17.7. The summed E-state index contributed by atoms with van der Waals surface area (Å²) in [6, 6.07) is 0. The summed E-state index contributed by atoms with van der Waals surface area (Å²) < 4.78 is 29.1. The molecule has 0 N–H and O–H groups in total. The summed E-state index contributed by atoms with van der Waals surface area (Å²) >= 11 is 0. The van der Waals surface area contributed by atoms with Gasteiger partial charge in [-0.1, -0.05) is 148 Å². The first-order valence-corrected chi connectivity index (χ1v) is 25.9. The first kappa shape index (κ1) is 46.2. The molecule has 0 aromatic carbocycles. The van der Waals surface area contributed by atoms with E-state index in [-0.39, 0.29) is 51.9 Å². The molecular weight excluding hydrogens is 726 g/mol. The Kier molecular flexibility index (Phi) is 15.3. The molecule has 0 radical (unpaired) electrons. The fourth-order valence-electron chi connectivity index (χ4n) is 14.7. The van der Waals surface area contributed by atoms with E-state index >= 15 is 0 Å². The molecule has 0 aromatic rings. The van der Waals surface area contributed by atoms with Gasteiger partial charge in [-0.3, -0.25) is 0 Å². The highest BCUT2D eigenvalue weighted by molar-refractivity contribution is 7.26. The molecule has 4 nitrogen and oxygen atoms in total. The van der Waals surface area contributed by atoms with Gasteiger partial charge in [0.1, 0.15) is 0 Å². The van der Waals surface area contributed by atoms with Crippen LogP contribution >= 0.6 is 18.1 Å². The van der Waals surface area contributed by atoms with Crippen molar-refractivity contribution in [1.82, 2.24) is 0 Å². The van der Waals surface area contributed by atoms with E-state index in [4.69, 9.17) is 18.1 Å². The van der Waals surface area contributed by atoms with Crippen molar-refractivity contribution in [2.24, 2.45) is 92.7 Å². The quantitative estimate of drug-likeness (QED) is 0.217. The molecule has 18 atom stereocenters. The van der Waals surface area contributed by atoms with Crippen LogP contribution in [-0.4, -0.2) is 24.4 Å². The minimum Gasteiger partial charge on any atom is -0.333 e. The molecule has 18 unspecified atom stereocenters. The summed E-state index contributed by atoms with van der Waals surface area (Å²) in [6.45, 7) is 35.4. The minimum atomic E-state index is 0.122. The highest BCUT2D eigenvalue weighted by Crippen LogP contribution is 2.62. The lowest BCUT2D eigenvalue weighted by molar-refractivity contribution is -0.170. The number of hydrogen-bond acceptors (Lipinski definition) is 4. The second-order valence-corrected chi connectivity index (χ2v) is 26.4. The largest absolute Gasteiger partial charge is 0.333 e. The van der Waals surface area contributed by atoms with E-state index in [1.165, 1.54) is 103 Å². The van der Waals surface area contributed by atoms with Crippen molar-refractivity contribution in [3.8, 4) is 0 Å². The van der Waals surface area contributed by atoms with Crippen LogP contribution in [0, 0.1) is 92.7 Å². The summed E-state index contributed by atoms with van der Waals surface area (Å²) in [5, 5.41) is 0. The molecule has 6 aliphatic rings. The van der Waals surface area contributed by atoms with Crippen LogP contribution in [0.25, 0.3) is 0 Å². The second kappa shape index (κ2) is 18.6. The summed E-state index contributed by atoms with van der Waals surface area (Å²) in [5.41, 5.74) is 0.679. The molecule has 0 bridgehead atoms. The van der Waals surface area contributed by atoms with E-state index in [1.54, 1.807) is 0 Å². The summed E-state index contributed by atoms with van der Waals surface area (Å²) in [7, 11) is 0.244. The number of rotatable bonds is 9. The van der Waals surface area contributed by atoms with Gasteiger partial charge in [-0.15, -0.1) is 0 Å². The lowest BCUT2D eigenvalue weighted by Gasteiger charge is -2.61. The van der Waals surface area contributed by atoms with Gasteiger partial charge >= 0.3 is 0 Å². The molecule has 56 heavy (non-hydrogen) atoms. The zero-order valence-electron chi connectivity index (χ0n) is 39.2. The summed E-state index contributed by atoms with van der Waals surface area (Å²) in [6.07, 6.45) is 22.5. The lowest BCUT2D eigenvalue weighted by Crippen LogP contribution is -2.60. The van der Waals surface area contributed by atoms with Crippen LogP contribution in [0.1, 0.15) is 200 Å². The topological polar surface area (TPSA) is 36.9 Å². The van der Waals surface area contributed by atoms with E-state index in [0.29, 0.717) is 59.6 Å². The van der Waals surface area contributed by atoms with Gasteiger partial charge < -0.3 is 18.1 Å². The fourth-order valence-corrected chi connectivity index (χ4v) is 16.5. The van der Waals surface area contributed by atoms with E-state index < -0.39 is 0 Å². The van der Waals surface area contributed by atoms with E-state index in [1.807, 2.05) is 0 Å². The fraction of sp³-hybridized carbons (Fsp3) is 1.00. The van der Waals surface area contributed by atoms with Crippen LogP contribution in [0.2, 0.25) is 0 Å². The van der Waals surface area contributed by atoms with Crippen molar-refractivity contribution in [3.63, 3.8) is 0 Å².